The quantitative estimate of drug-likeness (QED) is 0.0396. The summed E-state index contributed by atoms with van der Waals surface area (Å²) in [6, 6.07) is 16.5. The number of unbranched alkanes of at least 4 members (excludes halogenated alkanes) is 20. The van der Waals surface area contributed by atoms with Crippen molar-refractivity contribution in [2.24, 2.45) is 0 Å². The second-order valence-electron chi connectivity index (χ2n) is 13.7. The smallest absolute Gasteiger partial charge is 0.305 e. The van der Waals surface area contributed by atoms with Gasteiger partial charge in [-0.15, -0.1) is 0 Å². The van der Waals surface area contributed by atoms with Crippen molar-refractivity contribution in [3.63, 3.8) is 0 Å². The van der Waals surface area contributed by atoms with Crippen molar-refractivity contribution < 1.29 is 28.5 Å². The first-order chi connectivity index (χ1) is 25.0. The number of carbonyl (C=O) groups excluding carboxylic acids is 2. The monoisotopic (exact) mass is 932 g/mol. The number of benzene rings is 2. The molecule has 0 amide bonds. The standard InChI is InChI=1S/C43H66I2O6/c44-38-26-30-40(31-27-38)48-34-21-17-13-9-5-1-3-7-11-15-19-24-42(46)50-36-23-37-51-43(47)25-20-16-12-8-4-2-6-10-14-18-22-35-49-41-32-28-39(45)29-33-41/h26-33H,1-25,34-37H2. The summed E-state index contributed by atoms with van der Waals surface area (Å²) < 4.78 is 24.7. The average Bonchev–Trinajstić information content (AvgIpc) is 3.13. The molecule has 0 spiro atoms. The van der Waals surface area contributed by atoms with Gasteiger partial charge in [0.05, 0.1) is 26.4 Å². The van der Waals surface area contributed by atoms with Crippen LogP contribution >= 0.6 is 45.2 Å². The molecule has 51 heavy (non-hydrogen) atoms. The van der Waals surface area contributed by atoms with Crippen LogP contribution in [-0.2, 0) is 19.1 Å². The van der Waals surface area contributed by atoms with Crippen LogP contribution in [0, 0.1) is 7.14 Å². The van der Waals surface area contributed by atoms with Gasteiger partial charge in [0, 0.05) is 26.4 Å². The van der Waals surface area contributed by atoms with Crippen LogP contribution in [0.15, 0.2) is 48.5 Å². The lowest BCUT2D eigenvalue weighted by Crippen LogP contribution is -2.10. The van der Waals surface area contributed by atoms with Crippen molar-refractivity contribution >= 4 is 57.1 Å². The summed E-state index contributed by atoms with van der Waals surface area (Å²) in [6.45, 7) is 2.26. The summed E-state index contributed by atoms with van der Waals surface area (Å²) in [7, 11) is 0. The van der Waals surface area contributed by atoms with Crippen LogP contribution in [0.25, 0.3) is 0 Å². The molecule has 2 aromatic carbocycles. The predicted octanol–water partition coefficient (Wildman–Crippen LogP) is 13.2. The molecule has 0 aliphatic carbocycles. The molecule has 0 aliphatic rings. The first-order valence-electron chi connectivity index (χ1n) is 20.1. The van der Waals surface area contributed by atoms with Crippen molar-refractivity contribution in [2.75, 3.05) is 26.4 Å². The van der Waals surface area contributed by atoms with Crippen LogP contribution in [0.5, 0.6) is 11.5 Å². The van der Waals surface area contributed by atoms with E-state index in [0.29, 0.717) is 32.5 Å². The lowest BCUT2D eigenvalue weighted by Gasteiger charge is -2.07. The Balaban J connectivity index is 1.21. The molecule has 0 aliphatic heterocycles. The maximum Gasteiger partial charge on any atom is 0.305 e. The average molecular weight is 933 g/mol. The molecule has 8 heteroatoms. The summed E-state index contributed by atoms with van der Waals surface area (Å²) in [4.78, 5) is 24.0. The molecule has 2 aromatic rings. The lowest BCUT2D eigenvalue weighted by atomic mass is 10.1. The van der Waals surface area contributed by atoms with Gasteiger partial charge in [0.1, 0.15) is 11.5 Å². The zero-order valence-electron chi connectivity index (χ0n) is 31.3. The summed E-state index contributed by atoms with van der Waals surface area (Å²) in [5.41, 5.74) is 0. The summed E-state index contributed by atoms with van der Waals surface area (Å²) in [6.07, 6.45) is 28.1. The fourth-order valence-electron chi connectivity index (χ4n) is 5.94. The highest BCUT2D eigenvalue weighted by molar-refractivity contribution is 14.1. The van der Waals surface area contributed by atoms with Crippen LogP contribution in [-0.4, -0.2) is 38.4 Å². The molecular formula is C43H66I2O6. The van der Waals surface area contributed by atoms with Gasteiger partial charge in [-0.25, -0.2) is 0 Å². The van der Waals surface area contributed by atoms with Crippen LogP contribution in [0.4, 0.5) is 0 Å². The van der Waals surface area contributed by atoms with Crippen molar-refractivity contribution in [3.05, 3.63) is 55.7 Å². The fourth-order valence-corrected chi connectivity index (χ4v) is 6.66. The number of carbonyl (C=O) groups is 2. The molecule has 0 fully saturated rings. The fraction of sp³-hybridized carbons (Fsp3) is 0.674. The Hall–Kier alpha value is -1.56. The van der Waals surface area contributed by atoms with Gasteiger partial charge in [-0.2, -0.15) is 0 Å². The third-order valence-electron chi connectivity index (χ3n) is 9.03. The Morgan fingerprint density at radius 1 is 0.353 bits per heavy atom. The van der Waals surface area contributed by atoms with Gasteiger partial charge in [-0.3, -0.25) is 9.59 Å². The largest absolute Gasteiger partial charge is 0.494 e. The molecule has 0 bridgehead atoms. The van der Waals surface area contributed by atoms with Crippen molar-refractivity contribution in [3.8, 4) is 11.5 Å². The van der Waals surface area contributed by atoms with E-state index in [4.69, 9.17) is 18.9 Å². The van der Waals surface area contributed by atoms with Gasteiger partial charge in [-0.05, 0) is 119 Å². The molecule has 288 valence electrons. The molecule has 0 aromatic heterocycles. The van der Waals surface area contributed by atoms with E-state index in [1.807, 2.05) is 24.3 Å². The predicted molar refractivity (Wildman–Crippen MR) is 227 cm³/mol. The number of halogens is 2. The zero-order valence-corrected chi connectivity index (χ0v) is 35.6. The first-order valence-corrected chi connectivity index (χ1v) is 22.3. The number of hydrogen-bond donors (Lipinski definition) is 0. The summed E-state index contributed by atoms with van der Waals surface area (Å²) in [5.74, 6) is 1.67. The molecule has 0 atom stereocenters. The molecule has 0 saturated carbocycles. The molecule has 0 unspecified atom stereocenters. The highest BCUT2D eigenvalue weighted by Gasteiger charge is 2.06. The zero-order chi connectivity index (χ0) is 36.5. The van der Waals surface area contributed by atoms with Gasteiger partial charge in [0.25, 0.3) is 0 Å². The third-order valence-corrected chi connectivity index (χ3v) is 10.5. The summed E-state index contributed by atoms with van der Waals surface area (Å²) >= 11 is 4.62. The van der Waals surface area contributed by atoms with E-state index in [2.05, 4.69) is 69.4 Å². The molecule has 0 saturated heterocycles. The van der Waals surface area contributed by atoms with Gasteiger partial charge in [-0.1, -0.05) is 116 Å². The van der Waals surface area contributed by atoms with Crippen LogP contribution in [0.2, 0.25) is 0 Å². The van der Waals surface area contributed by atoms with Gasteiger partial charge in [0.15, 0.2) is 0 Å². The maximum atomic E-state index is 12.0. The van der Waals surface area contributed by atoms with Crippen molar-refractivity contribution in [1.29, 1.82) is 0 Å². The Kier molecular flexibility index (Phi) is 29.5. The minimum absolute atomic E-state index is 0.134. The maximum absolute atomic E-state index is 12.0. The third kappa shape index (κ3) is 28.6. The lowest BCUT2D eigenvalue weighted by molar-refractivity contribution is -0.146. The van der Waals surface area contributed by atoms with Crippen LogP contribution < -0.4 is 9.47 Å². The molecule has 0 radical (unpaired) electrons. The van der Waals surface area contributed by atoms with E-state index in [0.717, 1.165) is 63.2 Å². The molecule has 0 heterocycles. The summed E-state index contributed by atoms with van der Waals surface area (Å²) in [5, 5.41) is 0. The molecule has 6 nitrogen and oxygen atoms in total. The first kappa shape index (κ1) is 45.6. The Labute approximate surface area is 337 Å². The SMILES string of the molecule is O=C(CCCCCCCCCCCCCOc1ccc(I)cc1)OCCCOC(=O)CCCCCCCCCCCCCOc1ccc(I)cc1. The van der Waals surface area contributed by atoms with Gasteiger partial charge in [0.2, 0.25) is 0 Å². The van der Waals surface area contributed by atoms with E-state index in [1.54, 1.807) is 0 Å². The molecular weight excluding hydrogens is 866 g/mol. The number of hydrogen-bond acceptors (Lipinski definition) is 6. The Morgan fingerprint density at radius 2 is 0.627 bits per heavy atom. The number of rotatable bonds is 34. The number of ether oxygens (including phenoxy) is 4. The number of esters is 2. The minimum Gasteiger partial charge on any atom is -0.494 e. The van der Waals surface area contributed by atoms with E-state index in [1.165, 1.54) is 110 Å². The van der Waals surface area contributed by atoms with Gasteiger partial charge < -0.3 is 18.9 Å². The molecule has 2 rings (SSSR count). The van der Waals surface area contributed by atoms with Gasteiger partial charge >= 0.3 is 11.9 Å². The Morgan fingerprint density at radius 3 is 0.941 bits per heavy atom. The van der Waals surface area contributed by atoms with E-state index < -0.39 is 0 Å². The second kappa shape index (κ2) is 33.0. The second-order valence-corrected chi connectivity index (χ2v) is 16.2. The highest BCUT2D eigenvalue weighted by atomic mass is 127. The van der Waals surface area contributed by atoms with E-state index in [9.17, 15) is 9.59 Å². The molecule has 0 N–H and O–H groups in total. The normalized spacial score (nSPS) is 11.0. The van der Waals surface area contributed by atoms with Crippen LogP contribution in [0.3, 0.4) is 0 Å². The van der Waals surface area contributed by atoms with E-state index in [-0.39, 0.29) is 11.9 Å². The topological polar surface area (TPSA) is 71.1 Å². The minimum atomic E-state index is -0.134. The van der Waals surface area contributed by atoms with E-state index >= 15 is 0 Å². The Bertz CT molecular complexity index is 1020. The van der Waals surface area contributed by atoms with Crippen molar-refractivity contribution in [1.82, 2.24) is 0 Å². The highest BCUT2D eigenvalue weighted by Crippen LogP contribution is 2.17. The van der Waals surface area contributed by atoms with Crippen LogP contribution in [0.1, 0.15) is 161 Å². The van der Waals surface area contributed by atoms with Crippen molar-refractivity contribution in [2.45, 2.75) is 161 Å².